The molecule has 0 spiro atoms. The molecule has 2 amide bonds. The molecule has 4 rings (SSSR count). The SMILES string of the molecule is CCCCNc1cc(C(=O)OCC(=O)N(C)CC(=O)OCC(=O)N(CCCOc2nsnc2N2CCOCC2)C(C)(C)C)cc(S(N)(=O)=O)c1Oc1ccccc1. The first-order chi connectivity index (χ1) is 27.1. The van der Waals surface area contributed by atoms with Gasteiger partial charge in [0, 0.05) is 38.8 Å². The van der Waals surface area contributed by atoms with Gasteiger partial charge in [-0.25, -0.2) is 18.4 Å². The number of hydrogen-bond donors (Lipinski definition) is 2. The van der Waals surface area contributed by atoms with E-state index in [1.165, 1.54) is 13.1 Å². The van der Waals surface area contributed by atoms with Crippen molar-refractivity contribution in [3.63, 3.8) is 0 Å². The Bertz CT molecular complexity index is 1930. The van der Waals surface area contributed by atoms with E-state index < -0.39 is 64.0 Å². The van der Waals surface area contributed by atoms with Gasteiger partial charge in [-0.05, 0) is 57.9 Å². The van der Waals surface area contributed by atoms with Crippen LogP contribution in [0, 0.1) is 0 Å². The fraction of sp³-hybridized carbons (Fsp3) is 0.514. The molecule has 18 nitrogen and oxygen atoms in total. The van der Waals surface area contributed by atoms with Crippen LogP contribution in [-0.2, 0) is 38.6 Å². The number of esters is 2. The number of benzene rings is 2. The van der Waals surface area contributed by atoms with Gasteiger partial charge in [0.1, 0.15) is 17.2 Å². The van der Waals surface area contributed by atoms with Crippen molar-refractivity contribution in [1.82, 2.24) is 18.5 Å². The van der Waals surface area contributed by atoms with Crippen LogP contribution in [0.25, 0.3) is 0 Å². The lowest BCUT2D eigenvalue weighted by molar-refractivity contribution is -0.156. The molecule has 1 saturated heterocycles. The minimum atomic E-state index is -4.41. The molecule has 1 aromatic heterocycles. The highest BCUT2D eigenvalue weighted by molar-refractivity contribution is 7.89. The van der Waals surface area contributed by atoms with E-state index in [0.717, 1.165) is 35.5 Å². The summed E-state index contributed by atoms with van der Waals surface area (Å²) in [4.78, 5) is 56.0. The summed E-state index contributed by atoms with van der Waals surface area (Å²) in [6.07, 6.45) is 2.04. The summed E-state index contributed by atoms with van der Waals surface area (Å²) in [6.45, 7) is 9.27. The number of ether oxygens (including phenoxy) is 5. The fourth-order valence-corrected chi connectivity index (χ4v) is 6.72. The first kappa shape index (κ1) is 44.7. The summed E-state index contributed by atoms with van der Waals surface area (Å²) in [5, 5.41) is 8.63. The second-order valence-electron chi connectivity index (χ2n) is 14.0. The number of aromatic nitrogens is 2. The van der Waals surface area contributed by atoms with E-state index in [4.69, 9.17) is 28.8 Å². The standard InChI is InChI=1S/C37H51N7O11S2/c1-6-7-14-39-28-21-26(22-29(57(38,49)50)33(28)55-27-12-9-8-10-13-27)36(48)54-24-30(45)42(5)23-32(47)53-25-31(46)44(37(2,3)4)15-11-18-52-35-34(40-56-41-35)43-16-19-51-20-17-43/h8-10,12-13,21-22,39H,6-7,11,14-20,23-25H2,1-5H3,(H2,38,49,50). The molecule has 0 aliphatic carbocycles. The number of morpholine rings is 1. The minimum Gasteiger partial charge on any atom is -0.474 e. The van der Waals surface area contributed by atoms with Crippen molar-refractivity contribution in [2.24, 2.45) is 5.14 Å². The molecule has 2 heterocycles. The molecule has 3 N–H and O–H groups in total. The molecule has 0 unspecified atom stereocenters. The Balaban J connectivity index is 1.29. The van der Waals surface area contributed by atoms with Gasteiger partial charge in [0.05, 0.1) is 42.8 Å². The van der Waals surface area contributed by atoms with E-state index in [-0.39, 0.29) is 23.6 Å². The maximum Gasteiger partial charge on any atom is 0.338 e. The van der Waals surface area contributed by atoms with Crippen molar-refractivity contribution in [2.75, 3.05) is 83.0 Å². The lowest BCUT2D eigenvalue weighted by atomic mass is 10.1. The maximum absolute atomic E-state index is 13.2. The Morgan fingerprint density at radius 2 is 1.70 bits per heavy atom. The number of nitrogens with two attached hydrogens (primary N) is 1. The van der Waals surface area contributed by atoms with Gasteiger partial charge in [-0.2, -0.15) is 4.37 Å². The van der Waals surface area contributed by atoms with Crippen LogP contribution in [0.1, 0.15) is 57.3 Å². The number of likely N-dealkylation sites (N-methyl/N-ethyl adjacent to an activating group) is 1. The van der Waals surface area contributed by atoms with Gasteiger partial charge < -0.3 is 43.7 Å². The second kappa shape index (κ2) is 20.9. The maximum atomic E-state index is 13.2. The molecule has 1 aliphatic rings. The number of rotatable bonds is 20. The average Bonchev–Trinajstić information content (AvgIpc) is 3.64. The molecule has 20 heteroatoms. The summed E-state index contributed by atoms with van der Waals surface area (Å²) in [5.41, 5.74) is -0.631. The van der Waals surface area contributed by atoms with Gasteiger partial charge >= 0.3 is 11.9 Å². The van der Waals surface area contributed by atoms with Crippen molar-refractivity contribution < 1.29 is 51.3 Å². The van der Waals surface area contributed by atoms with E-state index in [1.807, 2.05) is 27.7 Å². The van der Waals surface area contributed by atoms with Crippen LogP contribution in [0.5, 0.6) is 17.4 Å². The van der Waals surface area contributed by atoms with Crippen LogP contribution >= 0.6 is 11.7 Å². The van der Waals surface area contributed by atoms with E-state index in [0.29, 0.717) is 63.3 Å². The Morgan fingerprint density at radius 3 is 2.37 bits per heavy atom. The minimum absolute atomic E-state index is 0.105. The molecule has 0 atom stereocenters. The highest BCUT2D eigenvalue weighted by Gasteiger charge is 2.29. The zero-order chi connectivity index (χ0) is 41.6. The first-order valence-corrected chi connectivity index (χ1v) is 20.7. The Kier molecular flexibility index (Phi) is 16.4. The molecule has 0 radical (unpaired) electrons. The number of primary sulfonamides is 1. The van der Waals surface area contributed by atoms with Crippen molar-refractivity contribution in [3.8, 4) is 17.4 Å². The summed E-state index contributed by atoms with van der Waals surface area (Å²) in [6, 6.07) is 10.8. The Morgan fingerprint density at radius 1 is 1.00 bits per heavy atom. The van der Waals surface area contributed by atoms with Gasteiger partial charge in [-0.15, -0.1) is 4.37 Å². The lowest BCUT2D eigenvalue weighted by Crippen LogP contribution is -2.48. The zero-order valence-corrected chi connectivity index (χ0v) is 34.5. The third-order valence-corrected chi connectivity index (χ3v) is 9.93. The molecule has 312 valence electrons. The molecule has 0 saturated carbocycles. The molecule has 2 aromatic carbocycles. The fourth-order valence-electron chi connectivity index (χ4n) is 5.50. The average molecular weight is 834 g/mol. The van der Waals surface area contributed by atoms with Crippen LogP contribution in [0.2, 0.25) is 0 Å². The number of amides is 2. The normalized spacial score (nSPS) is 13.1. The topological polar surface area (TPSA) is 222 Å². The molecule has 3 aromatic rings. The quantitative estimate of drug-likeness (QED) is 0.123. The Labute approximate surface area is 336 Å². The van der Waals surface area contributed by atoms with Crippen molar-refractivity contribution >= 4 is 57.0 Å². The number of anilines is 2. The molecule has 1 aliphatic heterocycles. The molecular formula is C37H51N7O11S2. The number of nitrogens with zero attached hydrogens (tertiary/aromatic N) is 5. The molecule has 57 heavy (non-hydrogen) atoms. The number of para-hydroxylation sites is 1. The summed E-state index contributed by atoms with van der Waals surface area (Å²) >= 11 is 1.06. The number of nitrogens with one attached hydrogen (secondary N) is 1. The van der Waals surface area contributed by atoms with Gasteiger partial charge in [0.2, 0.25) is 15.8 Å². The van der Waals surface area contributed by atoms with E-state index >= 15 is 0 Å². The monoisotopic (exact) mass is 833 g/mol. The molecular weight excluding hydrogens is 783 g/mol. The number of unbranched alkanes of at least 4 members (excludes halogenated alkanes) is 1. The first-order valence-electron chi connectivity index (χ1n) is 18.4. The van der Waals surface area contributed by atoms with E-state index in [1.54, 1.807) is 35.2 Å². The van der Waals surface area contributed by atoms with E-state index in [9.17, 15) is 27.6 Å². The van der Waals surface area contributed by atoms with Gasteiger partial charge in [0.15, 0.2) is 19.0 Å². The van der Waals surface area contributed by atoms with Crippen molar-refractivity contribution in [1.29, 1.82) is 0 Å². The third kappa shape index (κ3) is 13.5. The zero-order valence-electron chi connectivity index (χ0n) is 32.9. The third-order valence-electron chi connectivity index (χ3n) is 8.51. The number of hydrogen-bond acceptors (Lipinski definition) is 16. The highest BCUT2D eigenvalue weighted by Crippen LogP contribution is 2.37. The molecule has 0 bridgehead atoms. The van der Waals surface area contributed by atoms with Crippen LogP contribution in [0.4, 0.5) is 11.5 Å². The van der Waals surface area contributed by atoms with Crippen molar-refractivity contribution in [3.05, 3.63) is 48.0 Å². The summed E-state index contributed by atoms with van der Waals surface area (Å²) in [5.74, 6) is -1.74. The van der Waals surface area contributed by atoms with Crippen LogP contribution < -0.4 is 24.8 Å². The van der Waals surface area contributed by atoms with Crippen LogP contribution in [0.15, 0.2) is 47.4 Å². The highest BCUT2D eigenvalue weighted by atomic mass is 32.2. The summed E-state index contributed by atoms with van der Waals surface area (Å²) in [7, 11) is -3.11. The van der Waals surface area contributed by atoms with Gasteiger partial charge in [0.25, 0.3) is 17.7 Å². The predicted molar refractivity (Wildman–Crippen MR) is 211 cm³/mol. The van der Waals surface area contributed by atoms with E-state index in [2.05, 4.69) is 19.0 Å². The molecule has 1 fully saturated rings. The second-order valence-corrected chi connectivity index (χ2v) is 16.0. The van der Waals surface area contributed by atoms with Crippen LogP contribution in [-0.4, -0.2) is 129 Å². The smallest absolute Gasteiger partial charge is 0.338 e. The van der Waals surface area contributed by atoms with Gasteiger partial charge in [-0.3, -0.25) is 14.4 Å². The number of sulfonamides is 1. The van der Waals surface area contributed by atoms with Crippen LogP contribution in [0.3, 0.4) is 0 Å². The number of carbonyl (C=O) groups excluding carboxylic acids is 4. The lowest BCUT2D eigenvalue weighted by Gasteiger charge is -2.35. The predicted octanol–water partition coefficient (Wildman–Crippen LogP) is 3.28. The van der Waals surface area contributed by atoms with Gasteiger partial charge in [-0.1, -0.05) is 31.5 Å². The number of carbonyl (C=O) groups is 4. The Hall–Kier alpha value is -5.05. The largest absolute Gasteiger partial charge is 0.474 e. The summed E-state index contributed by atoms with van der Waals surface area (Å²) < 4.78 is 61.6. The van der Waals surface area contributed by atoms with Crippen molar-refractivity contribution in [2.45, 2.75) is 57.4 Å².